The summed E-state index contributed by atoms with van der Waals surface area (Å²) < 4.78 is 0. The number of pyridine rings is 1. The lowest BCUT2D eigenvalue weighted by molar-refractivity contribution is 0.174. The molecule has 0 radical (unpaired) electrons. The maximum atomic E-state index is 4.79. The van der Waals surface area contributed by atoms with Crippen LogP contribution in [0.25, 0.3) is 0 Å². The molecule has 0 aliphatic carbocycles. The van der Waals surface area contributed by atoms with Gasteiger partial charge in [-0.1, -0.05) is 17.8 Å². The van der Waals surface area contributed by atoms with E-state index in [0.29, 0.717) is 6.04 Å². The molecule has 0 aromatic carbocycles. The lowest BCUT2D eigenvalue weighted by atomic mass is 10.0. The topological polar surface area (TPSA) is 31.7 Å². The Bertz CT molecular complexity index is 468. The van der Waals surface area contributed by atoms with Crippen molar-refractivity contribution in [2.75, 3.05) is 32.4 Å². The molecule has 1 saturated heterocycles. The fourth-order valence-corrected chi connectivity index (χ4v) is 3.99. The average Bonchev–Trinajstić information content (AvgIpc) is 2.55. The summed E-state index contributed by atoms with van der Waals surface area (Å²) in [5.41, 5.74) is 1.28. The molecule has 0 bridgehead atoms. The second-order valence-corrected chi connectivity index (χ2v) is 6.95. The van der Waals surface area contributed by atoms with Crippen LogP contribution in [-0.4, -0.2) is 58.4 Å². The SMILES string of the molecule is CN1CCC(N(Cc2cccnc2)C2=NCCCS2)CC1. The van der Waals surface area contributed by atoms with E-state index in [-0.39, 0.29) is 0 Å². The molecular formula is C16H24N4S. The van der Waals surface area contributed by atoms with Crippen molar-refractivity contribution < 1.29 is 0 Å². The quantitative estimate of drug-likeness (QED) is 0.858. The molecule has 1 fully saturated rings. The number of hydrogen-bond donors (Lipinski definition) is 0. The number of nitrogens with zero attached hydrogens (tertiary/aromatic N) is 4. The summed E-state index contributed by atoms with van der Waals surface area (Å²) in [4.78, 5) is 14.0. The van der Waals surface area contributed by atoms with Gasteiger partial charge in [-0.05, 0) is 51.0 Å². The Morgan fingerprint density at radius 1 is 1.38 bits per heavy atom. The van der Waals surface area contributed by atoms with E-state index in [1.165, 1.54) is 48.8 Å². The third-order valence-electron chi connectivity index (χ3n) is 4.23. The molecule has 3 rings (SSSR count). The van der Waals surface area contributed by atoms with Gasteiger partial charge in [0.2, 0.25) is 0 Å². The van der Waals surface area contributed by atoms with Gasteiger partial charge >= 0.3 is 0 Å². The number of aromatic nitrogens is 1. The highest BCUT2D eigenvalue weighted by molar-refractivity contribution is 8.13. The summed E-state index contributed by atoms with van der Waals surface area (Å²) in [6, 6.07) is 4.81. The smallest absolute Gasteiger partial charge is 0.159 e. The van der Waals surface area contributed by atoms with Crippen molar-refractivity contribution in [2.24, 2.45) is 4.99 Å². The third-order valence-corrected chi connectivity index (χ3v) is 5.35. The first kappa shape index (κ1) is 14.9. The molecular weight excluding hydrogens is 280 g/mol. The van der Waals surface area contributed by atoms with E-state index >= 15 is 0 Å². The van der Waals surface area contributed by atoms with Crippen LogP contribution in [0.3, 0.4) is 0 Å². The second kappa shape index (κ2) is 7.27. The van der Waals surface area contributed by atoms with E-state index in [4.69, 9.17) is 4.99 Å². The molecule has 2 aliphatic heterocycles. The number of aliphatic imine (C=N–C) groups is 1. The van der Waals surface area contributed by atoms with E-state index in [9.17, 15) is 0 Å². The number of amidine groups is 1. The standard InChI is InChI=1S/C16H24N4S/c1-19-9-5-15(6-10-19)20(16-18-8-3-11-21-16)13-14-4-2-7-17-12-14/h2,4,7,12,15H,3,5-6,8-11,13H2,1H3. The lowest BCUT2D eigenvalue weighted by Crippen LogP contribution is -2.45. The molecule has 0 amide bonds. The van der Waals surface area contributed by atoms with Crippen LogP contribution < -0.4 is 0 Å². The van der Waals surface area contributed by atoms with Crippen molar-refractivity contribution >= 4 is 16.9 Å². The maximum absolute atomic E-state index is 4.79. The van der Waals surface area contributed by atoms with Gasteiger partial charge in [0, 0.05) is 37.3 Å². The molecule has 114 valence electrons. The maximum Gasteiger partial charge on any atom is 0.159 e. The van der Waals surface area contributed by atoms with E-state index in [1.807, 2.05) is 30.2 Å². The summed E-state index contributed by atoms with van der Waals surface area (Å²) in [7, 11) is 2.22. The Hall–Kier alpha value is -1.07. The monoisotopic (exact) mass is 304 g/mol. The minimum absolute atomic E-state index is 0.616. The molecule has 0 N–H and O–H groups in total. The predicted molar refractivity (Wildman–Crippen MR) is 89.7 cm³/mol. The highest BCUT2D eigenvalue weighted by Crippen LogP contribution is 2.25. The van der Waals surface area contributed by atoms with E-state index in [0.717, 1.165) is 13.1 Å². The zero-order chi connectivity index (χ0) is 14.5. The van der Waals surface area contributed by atoms with Crippen molar-refractivity contribution in [3.8, 4) is 0 Å². The largest absolute Gasteiger partial charge is 0.344 e. The average molecular weight is 304 g/mol. The van der Waals surface area contributed by atoms with Crippen LogP contribution in [0.15, 0.2) is 29.5 Å². The highest BCUT2D eigenvalue weighted by atomic mass is 32.2. The van der Waals surface area contributed by atoms with Crippen molar-refractivity contribution in [2.45, 2.75) is 31.8 Å². The Kier molecular flexibility index (Phi) is 5.14. The number of likely N-dealkylation sites (tertiary alicyclic amines) is 1. The van der Waals surface area contributed by atoms with Gasteiger partial charge in [-0.2, -0.15) is 0 Å². The van der Waals surface area contributed by atoms with Gasteiger partial charge in [-0.15, -0.1) is 0 Å². The van der Waals surface area contributed by atoms with Crippen molar-refractivity contribution in [1.29, 1.82) is 0 Å². The first-order valence-electron chi connectivity index (χ1n) is 7.84. The minimum atomic E-state index is 0.616. The Morgan fingerprint density at radius 2 is 2.24 bits per heavy atom. The van der Waals surface area contributed by atoms with Crippen LogP contribution in [0, 0.1) is 0 Å². The van der Waals surface area contributed by atoms with E-state index in [2.05, 4.69) is 27.9 Å². The predicted octanol–water partition coefficient (Wildman–Crippen LogP) is 2.47. The Morgan fingerprint density at radius 3 is 2.90 bits per heavy atom. The molecule has 0 unspecified atom stereocenters. The summed E-state index contributed by atoms with van der Waals surface area (Å²) in [5, 5.41) is 1.25. The van der Waals surface area contributed by atoms with Crippen LogP contribution >= 0.6 is 11.8 Å². The first-order chi connectivity index (χ1) is 10.3. The van der Waals surface area contributed by atoms with Crippen LogP contribution in [0.5, 0.6) is 0 Å². The lowest BCUT2D eigenvalue weighted by Gasteiger charge is -2.39. The van der Waals surface area contributed by atoms with E-state index in [1.54, 1.807) is 0 Å². The van der Waals surface area contributed by atoms with Gasteiger partial charge in [-0.25, -0.2) is 0 Å². The summed E-state index contributed by atoms with van der Waals surface area (Å²) in [5.74, 6) is 1.20. The second-order valence-electron chi connectivity index (χ2n) is 5.89. The number of thioether (sulfide) groups is 1. The van der Waals surface area contributed by atoms with Crippen molar-refractivity contribution in [3.05, 3.63) is 30.1 Å². The summed E-state index contributed by atoms with van der Waals surface area (Å²) >= 11 is 1.93. The van der Waals surface area contributed by atoms with Gasteiger partial charge in [-0.3, -0.25) is 9.98 Å². The zero-order valence-corrected chi connectivity index (χ0v) is 13.6. The van der Waals surface area contributed by atoms with E-state index < -0.39 is 0 Å². The first-order valence-corrected chi connectivity index (χ1v) is 8.83. The van der Waals surface area contributed by atoms with Crippen LogP contribution in [-0.2, 0) is 6.54 Å². The fourth-order valence-electron chi connectivity index (χ4n) is 2.97. The summed E-state index contributed by atoms with van der Waals surface area (Å²) in [6.45, 7) is 4.30. The molecule has 2 aliphatic rings. The number of piperidine rings is 1. The Labute approximate surface area is 131 Å². The number of rotatable bonds is 3. The molecule has 1 aromatic heterocycles. The molecule has 3 heterocycles. The van der Waals surface area contributed by atoms with Crippen LogP contribution in [0.2, 0.25) is 0 Å². The molecule has 0 saturated carbocycles. The fraction of sp³-hybridized carbons (Fsp3) is 0.625. The third kappa shape index (κ3) is 3.98. The minimum Gasteiger partial charge on any atom is -0.344 e. The molecule has 0 atom stereocenters. The van der Waals surface area contributed by atoms with Gasteiger partial charge in [0.1, 0.15) is 0 Å². The molecule has 0 spiro atoms. The van der Waals surface area contributed by atoms with Gasteiger partial charge in [0.15, 0.2) is 5.17 Å². The molecule has 21 heavy (non-hydrogen) atoms. The summed E-state index contributed by atoms with van der Waals surface area (Å²) in [6.07, 6.45) is 7.50. The molecule has 5 heteroatoms. The normalized spacial score (nSPS) is 21.1. The highest BCUT2D eigenvalue weighted by Gasteiger charge is 2.26. The van der Waals surface area contributed by atoms with Crippen LogP contribution in [0.1, 0.15) is 24.8 Å². The van der Waals surface area contributed by atoms with Crippen LogP contribution in [0.4, 0.5) is 0 Å². The van der Waals surface area contributed by atoms with Gasteiger partial charge in [0.25, 0.3) is 0 Å². The Balaban J connectivity index is 1.75. The number of hydrogen-bond acceptors (Lipinski definition) is 5. The molecule has 1 aromatic rings. The zero-order valence-electron chi connectivity index (χ0n) is 12.7. The van der Waals surface area contributed by atoms with Gasteiger partial charge in [0.05, 0.1) is 0 Å². The van der Waals surface area contributed by atoms with Crippen molar-refractivity contribution in [1.82, 2.24) is 14.8 Å². The van der Waals surface area contributed by atoms with Gasteiger partial charge < -0.3 is 9.80 Å². The molecule has 4 nitrogen and oxygen atoms in total. The van der Waals surface area contributed by atoms with Crippen molar-refractivity contribution in [3.63, 3.8) is 0 Å².